The second-order valence-corrected chi connectivity index (χ2v) is 5.88. The van der Waals surface area contributed by atoms with Crippen LogP contribution in [-0.2, 0) is 0 Å². The molecule has 0 radical (unpaired) electrons. The van der Waals surface area contributed by atoms with Crippen LogP contribution in [0.15, 0.2) is 38.0 Å². The summed E-state index contributed by atoms with van der Waals surface area (Å²) in [7, 11) is 0. The van der Waals surface area contributed by atoms with E-state index < -0.39 is 0 Å². The maximum atomic E-state index is 12.4. The zero-order valence-corrected chi connectivity index (χ0v) is 12.0. The van der Waals surface area contributed by atoms with Crippen molar-refractivity contribution in [2.24, 2.45) is 0 Å². The molecule has 0 spiro atoms. The van der Waals surface area contributed by atoms with Crippen LogP contribution in [0, 0.1) is 0 Å². The van der Waals surface area contributed by atoms with Crippen molar-refractivity contribution in [1.29, 1.82) is 0 Å². The van der Waals surface area contributed by atoms with Gasteiger partial charge in [0, 0.05) is 6.54 Å². The van der Waals surface area contributed by atoms with Crippen molar-refractivity contribution >= 4 is 33.2 Å². The van der Waals surface area contributed by atoms with E-state index >= 15 is 0 Å². The maximum absolute atomic E-state index is 12.4. The van der Waals surface area contributed by atoms with Gasteiger partial charge in [-0.3, -0.25) is 4.79 Å². The first-order valence-electron chi connectivity index (χ1n) is 5.84. The Morgan fingerprint density at radius 1 is 1.44 bits per heavy atom. The van der Waals surface area contributed by atoms with E-state index in [0.29, 0.717) is 10.4 Å². The second kappa shape index (κ2) is 4.90. The Bertz CT molecular complexity index is 549. The average Bonchev–Trinajstić information content (AvgIpc) is 3.08. The minimum Gasteiger partial charge on any atom is -0.444 e. The average molecular weight is 326 g/mol. The molecular weight excluding hydrogens is 314 g/mol. The number of amides is 1. The van der Waals surface area contributed by atoms with Gasteiger partial charge in [0.2, 0.25) is 0 Å². The summed E-state index contributed by atoms with van der Waals surface area (Å²) >= 11 is 4.90. The molecule has 18 heavy (non-hydrogen) atoms. The van der Waals surface area contributed by atoms with E-state index in [0.717, 1.165) is 19.4 Å². The van der Waals surface area contributed by atoms with Gasteiger partial charge in [-0.2, -0.15) is 11.3 Å². The lowest BCUT2D eigenvalue weighted by molar-refractivity contribution is 0.0702. The normalized spacial score (nSPS) is 19.4. The van der Waals surface area contributed by atoms with Crippen molar-refractivity contribution in [3.63, 3.8) is 0 Å². The van der Waals surface area contributed by atoms with E-state index in [-0.39, 0.29) is 11.9 Å². The Morgan fingerprint density at radius 2 is 2.33 bits per heavy atom. The van der Waals surface area contributed by atoms with Crippen LogP contribution < -0.4 is 0 Å². The second-order valence-electron chi connectivity index (χ2n) is 4.32. The summed E-state index contributed by atoms with van der Waals surface area (Å²) in [6.45, 7) is 0.803. The summed E-state index contributed by atoms with van der Waals surface area (Å²) in [4.78, 5) is 14.3. The fraction of sp³-hybridized carbons (Fsp3) is 0.308. The van der Waals surface area contributed by atoms with E-state index in [1.807, 2.05) is 4.90 Å². The van der Waals surface area contributed by atoms with Crippen LogP contribution in [0.1, 0.15) is 35.0 Å². The molecule has 5 heteroatoms. The fourth-order valence-electron chi connectivity index (χ4n) is 2.39. The van der Waals surface area contributed by atoms with E-state index in [1.165, 1.54) is 5.56 Å². The predicted octanol–water partition coefficient (Wildman–Crippen LogP) is 4.08. The molecule has 3 rings (SSSR count). The number of hydrogen-bond acceptors (Lipinski definition) is 3. The Kier molecular flexibility index (Phi) is 3.26. The third-order valence-corrected chi connectivity index (χ3v) is 4.35. The summed E-state index contributed by atoms with van der Waals surface area (Å²) in [6, 6.07) is 5.77. The molecule has 0 aromatic carbocycles. The number of hydrogen-bond donors (Lipinski definition) is 0. The highest BCUT2D eigenvalue weighted by molar-refractivity contribution is 9.10. The lowest BCUT2D eigenvalue weighted by Crippen LogP contribution is -2.30. The van der Waals surface area contributed by atoms with Crippen LogP contribution in [0.2, 0.25) is 0 Å². The molecule has 1 aliphatic heterocycles. The van der Waals surface area contributed by atoms with Crippen LogP contribution in [0.25, 0.3) is 0 Å². The third-order valence-electron chi connectivity index (χ3n) is 3.23. The van der Waals surface area contributed by atoms with Crippen molar-refractivity contribution in [1.82, 2.24) is 4.90 Å². The molecule has 0 saturated carbocycles. The molecule has 94 valence electrons. The van der Waals surface area contributed by atoms with Gasteiger partial charge in [0.25, 0.3) is 5.91 Å². The highest BCUT2D eigenvalue weighted by atomic mass is 79.9. The van der Waals surface area contributed by atoms with Crippen LogP contribution in [0.5, 0.6) is 0 Å². The number of nitrogens with zero attached hydrogens (tertiary/aromatic N) is 1. The van der Waals surface area contributed by atoms with Crippen LogP contribution in [0.3, 0.4) is 0 Å². The molecular formula is C13H12BrNO2S. The fourth-order valence-corrected chi connectivity index (χ4v) is 3.41. The smallest absolute Gasteiger partial charge is 0.290 e. The first kappa shape index (κ1) is 12.0. The SMILES string of the molecule is O=C(c1ccc(Br)o1)N1CCC[C@@H]1c1ccsc1. The summed E-state index contributed by atoms with van der Waals surface area (Å²) < 4.78 is 5.95. The number of halogens is 1. The van der Waals surface area contributed by atoms with Crippen molar-refractivity contribution < 1.29 is 9.21 Å². The van der Waals surface area contributed by atoms with Gasteiger partial charge < -0.3 is 9.32 Å². The van der Waals surface area contributed by atoms with Gasteiger partial charge >= 0.3 is 0 Å². The van der Waals surface area contributed by atoms with Crippen molar-refractivity contribution in [2.75, 3.05) is 6.54 Å². The molecule has 1 aliphatic rings. The summed E-state index contributed by atoms with van der Waals surface area (Å²) in [5, 5.41) is 4.17. The zero-order chi connectivity index (χ0) is 12.5. The lowest BCUT2D eigenvalue weighted by Gasteiger charge is -2.23. The monoisotopic (exact) mass is 325 g/mol. The number of likely N-dealkylation sites (tertiary alicyclic amines) is 1. The molecule has 0 unspecified atom stereocenters. The number of rotatable bonds is 2. The standard InChI is InChI=1S/C13H12BrNO2S/c14-12-4-3-11(17-12)13(16)15-6-1-2-10(15)9-5-7-18-8-9/h3-5,7-8,10H,1-2,6H2/t10-/m1/s1. The number of furan rings is 1. The van der Waals surface area contributed by atoms with Gasteiger partial charge in [0.1, 0.15) is 0 Å². The van der Waals surface area contributed by atoms with Gasteiger partial charge in [-0.15, -0.1) is 0 Å². The minimum atomic E-state index is -0.0191. The highest BCUT2D eigenvalue weighted by Gasteiger charge is 2.32. The highest BCUT2D eigenvalue weighted by Crippen LogP contribution is 2.34. The molecule has 2 aromatic rings. The number of carbonyl (C=O) groups is 1. The molecule has 3 heterocycles. The van der Waals surface area contributed by atoms with E-state index in [9.17, 15) is 4.79 Å². The van der Waals surface area contributed by atoms with Crippen molar-refractivity contribution in [2.45, 2.75) is 18.9 Å². The first-order valence-corrected chi connectivity index (χ1v) is 7.57. The van der Waals surface area contributed by atoms with Crippen molar-refractivity contribution in [3.8, 4) is 0 Å². The first-order chi connectivity index (χ1) is 8.75. The Labute approximate surface area is 118 Å². The van der Waals surface area contributed by atoms with Gasteiger partial charge in [0.05, 0.1) is 6.04 Å². The predicted molar refractivity (Wildman–Crippen MR) is 73.7 cm³/mol. The van der Waals surface area contributed by atoms with Gasteiger partial charge in [0.15, 0.2) is 10.4 Å². The maximum Gasteiger partial charge on any atom is 0.290 e. The molecule has 1 atom stereocenters. The molecule has 1 fully saturated rings. The topological polar surface area (TPSA) is 33.5 Å². The van der Waals surface area contributed by atoms with Crippen LogP contribution >= 0.6 is 27.3 Å². The molecule has 3 nitrogen and oxygen atoms in total. The summed E-state index contributed by atoms with van der Waals surface area (Å²) in [5.74, 6) is 0.387. The van der Waals surface area contributed by atoms with Crippen LogP contribution in [0.4, 0.5) is 0 Å². The Hall–Kier alpha value is -1.07. The van der Waals surface area contributed by atoms with E-state index in [4.69, 9.17) is 4.42 Å². The summed E-state index contributed by atoms with van der Waals surface area (Å²) in [6.07, 6.45) is 2.08. The molecule has 1 amide bonds. The number of thiophene rings is 1. The third kappa shape index (κ3) is 2.12. The molecule has 0 bridgehead atoms. The van der Waals surface area contributed by atoms with Gasteiger partial charge in [-0.1, -0.05) is 0 Å². The molecule has 1 saturated heterocycles. The van der Waals surface area contributed by atoms with Crippen molar-refractivity contribution in [3.05, 3.63) is 45.0 Å². The van der Waals surface area contributed by atoms with E-state index in [2.05, 4.69) is 32.8 Å². The lowest BCUT2D eigenvalue weighted by atomic mass is 10.1. The minimum absolute atomic E-state index is 0.0191. The molecule has 0 N–H and O–H groups in total. The Balaban J connectivity index is 1.85. The van der Waals surface area contributed by atoms with Crippen LogP contribution in [-0.4, -0.2) is 17.4 Å². The molecule has 0 aliphatic carbocycles. The van der Waals surface area contributed by atoms with E-state index in [1.54, 1.807) is 23.5 Å². The Morgan fingerprint density at radius 3 is 3.00 bits per heavy atom. The summed E-state index contributed by atoms with van der Waals surface area (Å²) in [5.41, 5.74) is 1.23. The zero-order valence-electron chi connectivity index (χ0n) is 9.64. The quantitative estimate of drug-likeness (QED) is 0.833. The largest absolute Gasteiger partial charge is 0.444 e. The molecule has 2 aromatic heterocycles. The number of carbonyl (C=O) groups excluding carboxylic acids is 1. The van der Waals surface area contributed by atoms with Gasteiger partial charge in [-0.25, -0.2) is 0 Å². The van der Waals surface area contributed by atoms with Gasteiger partial charge in [-0.05, 0) is 63.3 Å².